The van der Waals surface area contributed by atoms with E-state index >= 15 is 0 Å². The van der Waals surface area contributed by atoms with E-state index in [0.717, 1.165) is 7.11 Å². The molecule has 0 spiro atoms. The molecule has 1 rings (SSSR count). The van der Waals surface area contributed by atoms with Crippen LogP contribution < -0.4 is 9.88 Å². The van der Waals surface area contributed by atoms with Crippen molar-refractivity contribution in [1.29, 1.82) is 0 Å². The van der Waals surface area contributed by atoms with Crippen molar-refractivity contribution in [2.75, 3.05) is 7.11 Å². The summed E-state index contributed by atoms with van der Waals surface area (Å²) in [4.78, 5) is 12.7. The third-order valence-corrected chi connectivity index (χ3v) is 2.72. The minimum Gasteiger partial charge on any atom is -0.488 e. The molecule has 0 saturated carbocycles. The van der Waals surface area contributed by atoms with Gasteiger partial charge in [0.05, 0.1) is 12.0 Å². The fourth-order valence-corrected chi connectivity index (χ4v) is 1.85. The molecule has 1 heterocycles. The number of aromatic nitrogens is 1. The first-order valence-electron chi connectivity index (χ1n) is 4.22. The summed E-state index contributed by atoms with van der Waals surface area (Å²) in [6.07, 6.45) is -2.83. The smallest absolute Gasteiger partial charge is 0.324 e. The third-order valence-electron chi connectivity index (χ3n) is 1.89. The van der Waals surface area contributed by atoms with Crippen LogP contribution in [-0.2, 0) is 10.0 Å². The molecule has 0 aliphatic rings. The molecule has 0 amide bonds. The number of rotatable bonds is 4. The molecule has 1 aromatic rings. The molecule has 1 aromatic heterocycles. The first-order chi connectivity index (χ1) is 8.20. The molecule has 0 atom stereocenters. The third kappa shape index (κ3) is 2.51. The number of nitro groups is 1. The van der Waals surface area contributed by atoms with E-state index in [2.05, 4.69) is 9.72 Å². The van der Waals surface area contributed by atoms with Gasteiger partial charge < -0.3 is 4.74 Å². The monoisotopic (exact) mass is 283 g/mol. The van der Waals surface area contributed by atoms with Gasteiger partial charge in [-0.2, -0.15) is 0 Å². The summed E-state index contributed by atoms with van der Waals surface area (Å²) in [6, 6.07) is 0. The SMILES string of the molecule is COc1c(S(N)(=O)=O)ncc(C(F)F)c1[N+](=O)[O-]. The van der Waals surface area contributed by atoms with Gasteiger partial charge in [-0.25, -0.2) is 27.3 Å². The van der Waals surface area contributed by atoms with Gasteiger partial charge in [0.25, 0.3) is 16.4 Å². The summed E-state index contributed by atoms with van der Waals surface area (Å²) >= 11 is 0. The second-order valence-corrected chi connectivity index (χ2v) is 4.48. The molecule has 0 fully saturated rings. The minimum absolute atomic E-state index is 0.380. The van der Waals surface area contributed by atoms with Crippen molar-refractivity contribution < 1.29 is 26.9 Å². The molecule has 0 bridgehead atoms. The number of nitrogens with two attached hydrogens (primary N) is 1. The van der Waals surface area contributed by atoms with Gasteiger partial charge in [-0.15, -0.1) is 0 Å². The number of primary sulfonamides is 1. The highest BCUT2D eigenvalue weighted by molar-refractivity contribution is 7.89. The summed E-state index contributed by atoms with van der Waals surface area (Å²) < 4.78 is 51.7. The molecule has 18 heavy (non-hydrogen) atoms. The summed E-state index contributed by atoms with van der Waals surface area (Å²) in [5.74, 6) is -0.916. The van der Waals surface area contributed by atoms with E-state index < -0.39 is 43.4 Å². The van der Waals surface area contributed by atoms with Gasteiger partial charge in [0.15, 0.2) is 0 Å². The van der Waals surface area contributed by atoms with E-state index in [0.29, 0.717) is 6.20 Å². The number of ether oxygens (including phenoxy) is 1. The molecule has 0 radical (unpaired) electrons. The standard InChI is InChI=1S/C7H7F2N3O5S/c1-17-5-4(12(13)14)3(6(8)9)2-11-7(5)18(10,15)16/h2,6H,1H3,(H2,10,15,16). The molecule has 0 aliphatic heterocycles. The Balaban J connectivity index is 3.75. The van der Waals surface area contributed by atoms with Crippen LogP contribution in [0.15, 0.2) is 11.2 Å². The maximum Gasteiger partial charge on any atom is 0.324 e. The lowest BCUT2D eigenvalue weighted by atomic mass is 10.2. The number of sulfonamides is 1. The zero-order valence-electron chi connectivity index (χ0n) is 8.83. The lowest BCUT2D eigenvalue weighted by molar-refractivity contribution is -0.387. The van der Waals surface area contributed by atoms with Crippen molar-refractivity contribution in [2.45, 2.75) is 11.5 Å². The molecule has 11 heteroatoms. The van der Waals surface area contributed by atoms with Crippen LogP contribution in [0, 0.1) is 10.1 Å². The Morgan fingerprint density at radius 1 is 1.56 bits per heavy atom. The number of methoxy groups -OCH3 is 1. The number of pyridine rings is 1. The maximum atomic E-state index is 12.6. The molecule has 0 aliphatic carbocycles. The Morgan fingerprint density at radius 2 is 2.11 bits per heavy atom. The van der Waals surface area contributed by atoms with Crippen molar-refractivity contribution in [1.82, 2.24) is 4.98 Å². The van der Waals surface area contributed by atoms with Crippen molar-refractivity contribution >= 4 is 15.7 Å². The Bertz CT molecular complexity index is 589. The number of nitrogens with zero attached hydrogens (tertiary/aromatic N) is 2. The number of hydrogen-bond donors (Lipinski definition) is 1. The normalized spacial score (nSPS) is 11.6. The second kappa shape index (κ2) is 4.78. The second-order valence-electron chi connectivity index (χ2n) is 3.00. The average molecular weight is 283 g/mol. The van der Waals surface area contributed by atoms with Gasteiger partial charge in [-0.05, 0) is 0 Å². The van der Waals surface area contributed by atoms with Crippen molar-refractivity contribution in [3.05, 3.63) is 21.9 Å². The number of hydrogen-bond acceptors (Lipinski definition) is 6. The predicted octanol–water partition coefficient (Wildman–Crippen LogP) is 0.583. The van der Waals surface area contributed by atoms with E-state index in [1.54, 1.807) is 0 Å². The summed E-state index contributed by atoms with van der Waals surface area (Å²) in [7, 11) is -3.55. The van der Waals surface area contributed by atoms with Crippen LogP contribution in [0.25, 0.3) is 0 Å². The molecular weight excluding hydrogens is 276 g/mol. The lowest BCUT2D eigenvalue weighted by Gasteiger charge is -2.09. The summed E-state index contributed by atoms with van der Waals surface area (Å²) in [5, 5.41) is 14.5. The van der Waals surface area contributed by atoms with Crippen LogP contribution in [-0.4, -0.2) is 25.4 Å². The summed E-state index contributed by atoms with van der Waals surface area (Å²) in [5.41, 5.74) is -2.23. The Morgan fingerprint density at radius 3 is 2.44 bits per heavy atom. The Kier molecular flexibility index (Phi) is 3.76. The molecule has 2 N–H and O–H groups in total. The van der Waals surface area contributed by atoms with Crippen molar-refractivity contribution in [3.63, 3.8) is 0 Å². The highest BCUT2D eigenvalue weighted by Crippen LogP contribution is 2.39. The summed E-state index contributed by atoms with van der Waals surface area (Å²) in [6.45, 7) is 0. The van der Waals surface area contributed by atoms with Crippen LogP contribution in [0.1, 0.15) is 12.0 Å². The number of alkyl halides is 2. The zero-order chi connectivity index (χ0) is 14.1. The molecule has 0 saturated heterocycles. The first kappa shape index (κ1) is 14.2. The maximum absolute atomic E-state index is 12.6. The Labute approximate surface area is 99.6 Å². The minimum atomic E-state index is -4.43. The lowest BCUT2D eigenvalue weighted by Crippen LogP contribution is -2.17. The fraction of sp³-hybridized carbons (Fsp3) is 0.286. The van der Waals surface area contributed by atoms with Crippen molar-refractivity contribution in [2.24, 2.45) is 5.14 Å². The van der Waals surface area contributed by atoms with Crippen LogP contribution in [0.3, 0.4) is 0 Å². The van der Waals surface area contributed by atoms with Crippen LogP contribution in [0.4, 0.5) is 14.5 Å². The van der Waals surface area contributed by atoms with Crippen molar-refractivity contribution in [3.8, 4) is 5.75 Å². The average Bonchev–Trinajstić information content (AvgIpc) is 2.25. The topological polar surface area (TPSA) is 125 Å². The zero-order valence-corrected chi connectivity index (χ0v) is 9.65. The van der Waals surface area contributed by atoms with Gasteiger partial charge in [0.2, 0.25) is 10.8 Å². The van der Waals surface area contributed by atoms with Crippen LogP contribution in [0.2, 0.25) is 0 Å². The highest BCUT2D eigenvalue weighted by atomic mass is 32.2. The first-order valence-corrected chi connectivity index (χ1v) is 5.77. The van der Waals surface area contributed by atoms with Gasteiger partial charge in [0.1, 0.15) is 5.56 Å². The van der Waals surface area contributed by atoms with E-state index in [9.17, 15) is 27.3 Å². The van der Waals surface area contributed by atoms with Gasteiger partial charge in [-0.1, -0.05) is 0 Å². The van der Waals surface area contributed by atoms with Crippen LogP contribution >= 0.6 is 0 Å². The van der Waals surface area contributed by atoms with E-state index in [1.165, 1.54) is 0 Å². The highest BCUT2D eigenvalue weighted by Gasteiger charge is 2.33. The van der Waals surface area contributed by atoms with Crippen LogP contribution in [0.5, 0.6) is 5.75 Å². The van der Waals surface area contributed by atoms with E-state index in [4.69, 9.17) is 5.14 Å². The Hall–Kier alpha value is -1.88. The predicted molar refractivity (Wildman–Crippen MR) is 53.8 cm³/mol. The van der Waals surface area contributed by atoms with Gasteiger partial charge >= 0.3 is 5.69 Å². The molecular formula is C7H7F2N3O5S. The molecule has 0 aromatic carbocycles. The van der Waals surface area contributed by atoms with Gasteiger partial charge in [-0.3, -0.25) is 10.1 Å². The fourth-order valence-electron chi connectivity index (χ4n) is 1.21. The molecule has 100 valence electrons. The van der Waals surface area contributed by atoms with E-state index in [1.807, 2.05) is 0 Å². The van der Waals surface area contributed by atoms with Gasteiger partial charge in [0, 0.05) is 6.20 Å². The molecule has 0 unspecified atom stereocenters. The largest absolute Gasteiger partial charge is 0.488 e. The van der Waals surface area contributed by atoms with E-state index in [-0.39, 0.29) is 0 Å². The quantitative estimate of drug-likeness (QED) is 0.636. The molecule has 8 nitrogen and oxygen atoms in total. The number of halogens is 2.